The van der Waals surface area contributed by atoms with E-state index in [0.717, 1.165) is 0 Å². The second kappa shape index (κ2) is 10.2. The van der Waals surface area contributed by atoms with Crippen molar-refractivity contribution in [1.29, 1.82) is 5.41 Å². The summed E-state index contributed by atoms with van der Waals surface area (Å²) >= 11 is 0. The molecule has 0 rings (SSSR count). The van der Waals surface area contributed by atoms with Gasteiger partial charge < -0.3 is 11.1 Å². The van der Waals surface area contributed by atoms with E-state index in [1.165, 1.54) is 6.21 Å². The van der Waals surface area contributed by atoms with E-state index < -0.39 is 0 Å². The Morgan fingerprint density at radius 3 is 2.00 bits per heavy atom. The highest BCUT2D eigenvalue weighted by Crippen LogP contribution is 1.75. The minimum absolute atomic E-state index is 0. The average molecular weight is 159 g/mol. The van der Waals surface area contributed by atoms with Crippen molar-refractivity contribution in [2.75, 3.05) is 0 Å². The van der Waals surface area contributed by atoms with Crippen LogP contribution in [0.15, 0.2) is 0 Å². The van der Waals surface area contributed by atoms with Gasteiger partial charge in [0.2, 0.25) is 0 Å². The zero-order valence-corrected chi connectivity index (χ0v) is 6.39. The Kier molecular flexibility index (Phi) is 20.1. The van der Waals surface area contributed by atoms with Crippen molar-refractivity contribution in [3.8, 4) is 0 Å². The van der Waals surface area contributed by atoms with Gasteiger partial charge in [0.25, 0.3) is 0 Å². The van der Waals surface area contributed by atoms with Gasteiger partial charge in [-0.25, -0.2) is 0 Å². The smallest absolute Gasteiger partial charge is 0.00597 e. The van der Waals surface area contributed by atoms with Gasteiger partial charge in [-0.05, 0) is 19.6 Å². The molecule has 4 heteroatoms. The fraction of sp³-hybridized carbons (Fsp3) is 0.750. The highest BCUT2D eigenvalue weighted by atomic mass is 35.5. The first-order valence-electron chi connectivity index (χ1n) is 2.02. The second-order valence-corrected chi connectivity index (χ2v) is 1.42. The summed E-state index contributed by atoms with van der Waals surface area (Å²) in [5.41, 5.74) is 5.25. The van der Waals surface area contributed by atoms with E-state index in [4.69, 9.17) is 11.1 Å². The fourth-order valence-corrected chi connectivity index (χ4v) is 0.186. The second-order valence-electron chi connectivity index (χ2n) is 1.42. The molecule has 1 unspecified atom stereocenters. The van der Waals surface area contributed by atoms with E-state index >= 15 is 0 Å². The van der Waals surface area contributed by atoms with Crippen LogP contribution in [0.2, 0.25) is 0 Å². The molecule has 8 heavy (non-hydrogen) atoms. The lowest BCUT2D eigenvalue weighted by Crippen LogP contribution is -2.14. The molecule has 0 aliphatic rings. The van der Waals surface area contributed by atoms with Gasteiger partial charge in [0, 0.05) is 6.04 Å². The summed E-state index contributed by atoms with van der Waals surface area (Å²) < 4.78 is 0. The molecule has 3 N–H and O–H groups in total. The Morgan fingerprint density at radius 2 is 2.00 bits per heavy atom. The third-order valence-electron chi connectivity index (χ3n) is 0.490. The lowest BCUT2D eigenvalue weighted by Gasteiger charge is -1.92. The zero-order chi connectivity index (χ0) is 4.99. The van der Waals surface area contributed by atoms with Gasteiger partial charge in [0.15, 0.2) is 0 Å². The molecule has 0 radical (unpaired) electrons. The molecule has 52 valence electrons. The Bertz CT molecular complexity index is 47.3. The summed E-state index contributed by atoms with van der Waals surface area (Å²) in [5.74, 6) is 0. The van der Waals surface area contributed by atoms with Crippen molar-refractivity contribution in [2.45, 2.75) is 19.4 Å². The molecule has 0 saturated carbocycles. The Balaban J connectivity index is -0.000000125. The topological polar surface area (TPSA) is 49.9 Å². The zero-order valence-electron chi connectivity index (χ0n) is 4.76. The standard InChI is InChI=1S/C4H10N2.2ClH/c1-4(6)2-3-5;;/h3-5H,2,6H2,1H3;2*1H. The molecule has 0 spiro atoms. The van der Waals surface area contributed by atoms with Gasteiger partial charge in [-0.2, -0.15) is 0 Å². The Morgan fingerprint density at radius 1 is 1.62 bits per heavy atom. The highest BCUT2D eigenvalue weighted by Gasteiger charge is 1.83. The van der Waals surface area contributed by atoms with Crippen molar-refractivity contribution in [3.05, 3.63) is 0 Å². The summed E-state index contributed by atoms with van der Waals surface area (Å²) in [6.45, 7) is 1.88. The quantitative estimate of drug-likeness (QED) is 0.584. The lowest BCUT2D eigenvalue weighted by molar-refractivity contribution is 0.785. The number of hydrogen-bond acceptors (Lipinski definition) is 2. The van der Waals surface area contributed by atoms with Crippen molar-refractivity contribution >= 4 is 31.0 Å². The monoisotopic (exact) mass is 158 g/mol. The first kappa shape index (κ1) is 15.7. The van der Waals surface area contributed by atoms with E-state index in [1.54, 1.807) is 0 Å². The maximum Gasteiger partial charge on any atom is 0.00597 e. The van der Waals surface area contributed by atoms with Gasteiger partial charge in [-0.15, -0.1) is 24.8 Å². The molecule has 2 nitrogen and oxygen atoms in total. The molecule has 0 aromatic carbocycles. The predicted molar refractivity (Wildman–Crippen MR) is 41.5 cm³/mol. The van der Waals surface area contributed by atoms with Gasteiger partial charge in [0.05, 0.1) is 0 Å². The molecule has 0 aliphatic carbocycles. The van der Waals surface area contributed by atoms with Crippen molar-refractivity contribution in [2.24, 2.45) is 5.73 Å². The van der Waals surface area contributed by atoms with E-state index in [-0.39, 0.29) is 30.9 Å². The lowest BCUT2D eigenvalue weighted by atomic mass is 10.3. The van der Waals surface area contributed by atoms with Crippen LogP contribution in [0.25, 0.3) is 0 Å². The minimum Gasteiger partial charge on any atom is -0.328 e. The number of nitrogens with one attached hydrogen (secondary N) is 1. The average Bonchev–Trinajstić information content (AvgIpc) is 1.35. The normalized spacial score (nSPS) is 10.2. The molecule has 0 bridgehead atoms. The van der Waals surface area contributed by atoms with E-state index in [1.807, 2.05) is 6.92 Å². The minimum atomic E-state index is 0. The molecular formula is C4H12Cl2N2. The number of halogens is 2. The predicted octanol–water partition coefficient (Wildman–Crippen LogP) is 1.22. The van der Waals surface area contributed by atoms with Crippen LogP contribution >= 0.6 is 24.8 Å². The van der Waals surface area contributed by atoms with E-state index in [0.29, 0.717) is 6.42 Å². The van der Waals surface area contributed by atoms with Gasteiger partial charge in [0.1, 0.15) is 0 Å². The molecule has 0 aromatic heterocycles. The molecule has 0 heterocycles. The number of nitrogens with two attached hydrogens (primary N) is 1. The fourth-order valence-electron chi connectivity index (χ4n) is 0.186. The Hall–Kier alpha value is 0.210. The van der Waals surface area contributed by atoms with Crippen LogP contribution < -0.4 is 5.73 Å². The van der Waals surface area contributed by atoms with Crippen LogP contribution in [-0.2, 0) is 0 Å². The summed E-state index contributed by atoms with van der Waals surface area (Å²) in [6, 6.07) is 0.155. The van der Waals surface area contributed by atoms with Crippen LogP contribution in [-0.4, -0.2) is 12.3 Å². The van der Waals surface area contributed by atoms with Crippen LogP contribution in [0.4, 0.5) is 0 Å². The first-order valence-corrected chi connectivity index (χ1v) is 2.02. The summed E-state index contributed by atoms with van der Waals surface area (Å²) in [7, 11) is 0. The number of rotatable bonds is 2. The molecule has 0 aromatic rings. The van der Waals surface area contributed by atoms with Crippen LogP contribution in [0.5, 0.6) is 0 Å². The van der Waals surface area contributed by atoms with Gasteiger partial charge in [-0.1, -0.05) is 0 Å². The Labute approximate surface area is 62.2 Å². The first-order chi connectivity index (χ1) is 2.77. The van der Waals surface area contributed by atoms with Crippen molar-refractivity contribution < 1.29 is 0 Å². The SMILES string of the molecule is CC(N)CC=N.Cl.Cl. The third-order valence-corrected chi connectivity index (χ3v) is 0.490. The summed E-state index contributed by atoms with van der Waals surface area (Å²) in [5, 5.41) is 6.53. The third kappa shape index (κ3) is 16.4. The van der Waals surface area contributed by atoms with Crippen molar-refractivity contribution in [1.82, 2.24) is 0 Å². The van der Waals surface area contributed by atoms with E-state index in [2.05, 4.69) is 0 Å². The van der Waals surface area contributed by atoms with Crippen LogP contribution in [0.1, 0.15) is 13.3 Å². The maximum absolute atomic E-state index is 6.53. The van der Waals surface area contributed by atoms with Gasteiger partial charge >= 0.3 is 0 Å². The molecule has 0 fully saturated rings. The molecule has 0 aliphatic heterocycles. The molecule has 0 amide bonds. The van der Waals surface area contributed by atoms with Gasteiger partial charge in [-0.3, -0.25) is 0 Å². The van der Waals surface area contributed by atoms with Crippen molar-refractivity contribution in [3.63, 3.8) is 0 Å². The number of hydrogen-bond donors (Lipinski definition) is 2. The van der Waals surface area contributed by atoms with Crippen LogP contribution in [0.3, 0.4) is 0 Å². The summed E-state index contributed by atoms with van der Waals surface area (Å²) in [4.78, 5) is 0. The van der Waals surface area contributed by atoms with E-state index in [9.17, 15) is 0 Å². The summed E-state index contributed by atoms with van der Waals surface area (Å²) in [6.07, 6.45) is 2.02. The molecule has 1 atom stereocenters. The highest BCUT2D eigenvalue weighted by molar-refractivity contribution is 5.85. The van der Waals surface area contributed by atoms with Crippen LogP contribution in [0, 0.1) is 5.41 Å². The molecular weight excluding hydrogens is 147 g/mol. The maximum atomic E-state index is 6.53. The largest absolute Gasteiger partial charge is 0.328 e. The molecule has 0 saturated heterocycles.